The zero-order valence-electron chi connectivity index (χ0n) is 31.4. The van der Waals surface area contributed by atoms with Gasteiger partial charge in [0.15, 0.2) is 0 Å². The highest BCUT2D eigenvalue weighted by Gasteiger charge is 2.22. The Morgan fingerprint density at radius 2 is 0.897 bits per heavy atom. The van der Waals surface area contributed by atoms with Crippen LogP contribution in [-0.2, 0) is 6.42 Å². The zero-order valence-corrected chi connectivity index (χ0v) is 33.0. The van der Waals surface area contributed by atoms with Crippen molar-refractivity contribution < 1.29 is 0 Å². The SMILES string of the molecule is C1=CC(c2cccc(-c3ccc4sc5ccc(-n6c7ccccc7c7ccccc76)cc5c4c3)c2)Cc2c1sc1ccc(-n3c4ccccc4c4ccccc43)cc21. The maximum Gasteiger partial charge on any atom is 0.0541 e. The van der Waals surface area contributed by atoms with E-state index >= 15 is 0 Å². The standard InChI is InChI=1S/C54H34N2S2/c1-5-16-47-39(12-1)40-13-2-6-17-48(40)55(47)37-22-26-53-45(31-37)43-29-35(20-24-51(43)57-53)33-10-9-11-34(28-33)36-21-25-52-44(30-36)46-32-38(23-27-54(46)58-52)56-49-18-7-3-14-41(49)42-15-4-8-19-50(42)56/h1-29,31-32,36H,30H2. The number of nitrogens with zero attached hydrogens (tertiary/aromatic N) is 2. The van der Waals surface area contributed by atoms with E-state index in [0.717, 1.165) is 6.42 Å². The second-order valence-electron chi connectivity index (χ2n) is 15.7. The van der Waals surface area contributed by atoms with Crippen molar-refractivity contribution in [3.63, 3.8) is 0 Å². The van der Waals surface area contributed by atoms with Gasteiger partial charge in [-0.25, -0.2) is 0 Å². The molecule has 0 bridgehead atoms. The Labute approximate surface area is 342 Å². The van der Waals surface area contributed by atoms with Crippen molar-refractivity contribution in [3.05, 3.63) is 198 Å². The maximum atomic E-state index is 2.44. The van der Waals surface area contributed by atoms with Crippen molar-refractivity contribution >= 4 is 103 Å². The molecule has 0 spiro atoms. The normalized spacial score (nSPS) is 14.2. The fourth-order valence-electron chi connectivity index (χ4n) is 9.79. The molecule has 4 heteroatoms. The summed E-state index contributed by atoms with van der Waals surface area (Å²) in [5.41, 5.74) is 12.7. The van der Waals surface area contributed by atoms with Gasteiger partial charge in [-0.15, -0.1) is 22.7 Å². The summed E-state index contributed by atoms with van der Waals surface area (Å²) in [5, 5.41) is 9.17. The van der Waals surface area contributed by atoms with Gasteiger partial charge in [0.05, 0.1) is 22.1 Å². The van der Waals surface area contributed by atoms with Crippen LogP contribution >= 0.6 is 22.7 Å². The van der Waals surface area contributed by atoms with Crippen LogP contribution in [0.2, 0.25) is 0 Å². The zero-order chi connectivity index (χ0) is 37.9. The number of aromatic nitrogens is 2. The molecule has 2 nitrogen and oxygen atoms in total. The van der Waals surface area contributed by atoms with E-state index in [2.05, 4.69) is 197 Å². The first-order valence-electron chi connectivity index (χ1n) is 20.0. The van der Waals surface area contributed by atoms with Crippen LogP contribution in [0.4, 0.5) is 0 Å². The fraction of sp³-hybridized carbons (Fsp3) is 0.0370. The molecule has 12 aromatic rings. The van der Waals surface area contributed by atoms with Crippen molar-refractivity contribution in [2.24, 2.45) is 0 Å². The number of hydrogen-bond acceptors (Lipinski definition) is 2. The number of hydrogen-bond donors (Lipinski definition) is 0. The smallest absolute Gasteiger partial charge is 0.0541 e. The molecule has 1 aliphatic carbocycles. The van der Waals surface area contributed by atoms with Crippen LogP contribution in [0.3, 0.4) is 0 Å². The number of rotatable bonds is 4. The summed E-state index contributed by atoms with van der Waals surface area (Å²) in [6.07, 6.45) is 5.79. The third-order valence-electron chi connectivity index (χ3n) is 12.5. The van der Waals surface area contributed by atoms with Gasteiger partial charge < -0.3 is 9.13 Å². The van der Waals surface area contributed by atoms with Gasteiger partial charge >= 0.3 is 0 Å². The van der Waals surface area contributed by atoms with E-state index in [4.69, 9.17) is 0 Å². The number of benzene rings is 8. The van der Waals surface area contributed by atoms with Gasteiger partial charge in [0.25, 0.3) is 0 Å². The lowest BCUT2D eigenvalue weighted by atomic mass is 9.86. The Balaban J connectivity index is 0.869. The summed E-state index contributed by atoms with van der Waals surface area (Å²) in [4.78, 5) is 1.39. The van der Waals surface area contributed by atoms with E-state index in [-0.39, 0.29) is 0 Å². The summed E-state index contributed by atoms with van der Waals surface area (Å²) in [6, 6.07) is 65.5. The Kier molecular flexibility index (Phi) is 6.91. The van der Waals surface area contributed by atoms with Crippen LogP contribution in [0, 0.1) is 0 Å². The molecule has 13 rings (SSSR count). The summed E-state index contributed by atoms with van der Waals surface area (Å²) < 4.78 is 8.85. The molecule has 0 saturated carbocycles. The second-order valence-corrected chi connectivity index (χ2v) is 17.8. The molecule has 0 saturated heterocycles. The highest BCUT2D eigenvalue weighted by atomic mass is 32.1. The molecule has 4 heterocycles. The maximum absolute atomic E-state index is 2.44. The molecule has 0 fully saturated rings. The monoisotopic (exact) mass is 774 g/mol. The van der Waals surface area contributed by atoms with Crippen LogP contribution in [0.5, 0.6) is 0 Å². The van der Waals surface area contributed by atoms with Crippen molar-refractivity contribution in [1.29, 1.82) is 0 Å². The lowest BCUT2D eigenvalue weighted by molar-refractivity contribution is 0.837. The van der Waals surface area contributed by atoms with Crippen LogP contribution in [0.15, 0.2) is 182 Å². The molecule has 0 amide bonds. The molecule has 0 radical (unpaired) electrons. The minimum atomic E-state index is 0.307. The van der Waals surface area contributed by atoms with Crippen molar-refractivity contribution in [2.75, 3.05) is 0 Å². The predicted octanol–water partition coefficient (Wildman–Crippen LogP) is 15.5. The van der Waals surface area contributed by atoms with E-state index in [1.54, 1.807) is 0 Å². The van der Waals surface area contributed by atoms with E-state index in [0.29, 0.717) is 5.92 Å². The van der Waals surface area contributed by atoms with Gasteiger partial charge in [-0.3, -0.25) is 0 Å². The van der Waals surface area contributed by atoms with Crippen LogP contribution in [0.1, 0.15) is 21.9 Å². The third-order valence-corrected chi connectivity index (χ3v) is 14.8. The lowest BCUT2D eigenvalue weighted by Gasteiger charge is -2.19. The van der Waals surface area contributed by atoms with E-state index in [1.165, 1.54) is 112 Å². The highest BCUT2D eigenvalue weighted by molar-refractivity contribution is 7.25. The molecular formula is C54H34N2S2. The average Bonchev–Trinajstić information content (AvgIpc) is 4.03. The molecule has 0 aliphatic heterocycles. The number of allylic oxidation sites excluding steroid dienone is 1. The molecule has 1 atom stereocenters. The second kappa shape index (κ2) is 12.4. The first-order chi connectivity index (χ1) is 28.7. The fourth-order valence-corrected chi connectivity index (χ4v) is 12.0. The molecule has 1 unspecified atom stereocenters. The minimum Gasteiger partial charge on any atom is -0.309 e. The summed E-state index contributed by atoms with van der Waals surface area (Å²) in [6.45, 7) is 0. The minimum absolute atomic E-state index is 0.307. The molecule has 1 aliphatic rings. The van der Waals surface area contributed by atoms with Gasteiger partial charge in [-0.2, -0.15) is 0 Å². The van der Waals surface area contributed by atoms with Crippen LogP contribution in [0.25, 0.3) is 102 Å². The highest BCUT2D eigenvalue weighted by Crippen LogP contribution is 2.43. The molecule has 0 N–H and O–H groups in total. The average molecular weight is 775 g/mol. The van der Waals surface area contributed by atoms with E-state index in [9.17, 15) is 0 Å². The Morgan fingerprint density at radius 3 is 1.50 bits per heavy atom. The topological polar surface area (TPSA) is 9.86 Å². The quantitative estimate of drug-likeness (QED) is 0.169. The van der Waals surface area contributed by atoms with Gasteiger partial charge in [-0.05, 0) is 113 Å². The lowest BCUT2D eigenvalue weighted by Crippen LogP contribution is -2.04. The summed E-state index contributed by atoms with van der Waals surface area (Å²) in [7, 11) is 0. The van der Waals surface area contributed by atoms with Crippen LogP contribution < -0.4 is 0 Å². The van der Waals surface area contributed by atoms with Crippen molar-refractivity contribution in [2.45, 2.75) is 12.3 Å². The molecule has 4 aromatic heterocycles. The van der Waals surface area contributed by atoms with E-state index < -0.39 is 0 Å². The van der Waals surface area contributed by atoms with Crippen LogP contribution in [-0.4, -0.2) is 9.13 Å². The van der Waals surface area contributed by atoms with Gasteiger partial charge in [-0.1, -0.05) is 109 Å². The number of thiophene rings is 2. The van der Waals surface area contributed by atoms with Gasteiger partial charge in [0, 0.05) is 68.6 Å². The molecule has 58 heavy (non-hydrogen) atoms. The Morgan fingerprint density at radius 1 is 0.397 bits per heavy atom. The van der Waals surface area contributed by atoms with Crippen molar-refractivity contribution in [1.82, 2.24) is 9.13 Å². The largest absolute Gasteiger partial charge is 0.309 e. The Hall–Kier alpha value is -6.72. The Bertz CT molecular complexity index is 3570. The van der Waals surface area contributed by atoms with Gasteiger partial charge in [0.2, 0.25) is 0 Å². The first kappa shape index (κ1) is 32.4. The molecular weight excluding hydrogens is 741 g/mol. The number of fused-ring (bicyclic) bond motifs is 12. The van der Waals surface area contributed by atoms with E-state index in [1.807, 2.05) is 22.7 Å². The molecule has 8 aromatic carbocycles. The predicted molar refractivity (Wildman–Crippen MR) is 251 cm³/mol. The molecule has 272 valence electrons. The summed E-state index contributed by atoms with van der Waals surface area (Å²) in [5.74, 6) is 0.307. The number of para-hydroxylation sites is 4. The third kappa shape index (κ3) is 4.76. The van der Waals surface area contributed by atoms with Gasteiger partial charge in [0.1, 0.15) is 0 Å². The van der Waals surface area contributed by atoms with Crippen molar-refractivity contribution in [3.8, 4) is 22.5 Å². The first-order valence-corrected chi connectivity index (χ1v) is 21.6. The summed E-state index contributed by atoms with van der Waals surface area (Å²) >= 11 is 3.80.